The zero-order chi connectivity index (χ0) is 16.2. The molecule has 0 unspecified atom stereocenters. The Bertz CT molecular complexity index is 588. The molecule has 0 spiro atoms. The number of hydrazone groups is 1. The second-order valence-corrected chi connectivity index (χ2v) is 5.57. The minimum Gasteiger partial charge on any atom is -0.443 e. The first-order valence-electron chi connectivity index (χ1n) is 6.39. The molecule has 1 rings (SSSR count). The minimum atomic E-state index is -0.677. The smallest absolute Gasteiger partial charge is 0.428 e. The highest BCUT2D eigenvalue weighted by atomic mass is 16.6. The van der Waals surface area contributed by atoms with Crippen molar-refractivity contribution in [2.24, 2.45) is 5.10 Å². The van der Waals surface area contributed by atoms with Gasteiger partial charge in [-0.15, -0.1) is 0 Å². The molecule has 0 radical (unpaired) electrons. The van der Waals surface area contributed by atoms with Crippen LogP contribution in [0.5, 0.6) is 0 Å². The second kappa shape index (κ2) is 6.34. The molecule has 1 aromatic carbocycles. The molecule has 1 amide bonds. The number of aryl methyl sites for hydroxylation is 1. The van der Waals surface area contributed by atoms with Crippen molar-refractivity contribution in [2.75, 3.05) is 0 Å². The number of hydrogen-bond acceptors (Lipinski definition) is 5. The lowest BCUT2D eigenvalue weighted by Gasteiger charge is -2.18. The molecule has 0 aromatic heterocycles. The number of hydrogen-bond donors (Lipinski definition) is 1. The Kier molecular flexibility index (Phi) is 5.02. The lowest BCUT2D eigenvalue weighted by atomic mass is 10.1. The number of carbonyl (C=O) groups excluding carboxylic acids is 1. The van der Waals surface area contributed by atoms with E-state index in [1.807, 2.05) is 0 Å². The van der Waals surface area contributed by atoms with E-state index in [2.05, 4.69) is 10.5 Å². The molecule has 1 aromatic rings. The maximum atomic E-state index is 11.5. The number of amides is 1. The van der Waals surface area contributed by atoms with Gasteiger partial charge in [0.25, 0.3) is 5.69 Å². The van der Waals surface area contributed by atoms with E-state index in [1.54, 1.807) is 46.8 Å². The van der Waals surface area contributed by atoms with Crippen LogP contribution in [0.15, 0.2) is 23.3 Å². The van der Waals surface area contributed by atoms with Crippen molar-refractivity contribution in [2.45, 2.75) is 40.2 Å². The summed E-state index contributed by atoms with van der Waals surface area (Å²) in [5.41, 5.74) is 3.23. The predicted molar refractivity (Wildman–Crippen MR) is 79.4 cm³/mol. The van der Waals surface area contributed by atoms with Crippen LogP contribution in [-0.2, 0) is 4.74 Å². The fourth-order valence-corrected chi connectivity index (χ4v) is 1.53. The number of nitrogens with one attached hydrogen (secondary N) is 1. The average Bonchev–Trinajstić information content (AvgIpc) is 2.34. The monoisotopic (exact) mass is 293 g/mol. The van der Waals surface area contributed by atoms with Gasteiger partial charge in [0.15, 0.2) is 0 Å². The Balaban J connectivity index is 2.86. The standard InChI is InChI=1S/C14H19N3O4/c1-9-6-7-11(8-12(9)17(19)20)10(2)15-16-13(18)21-14(3,4)5/h6-8H,1-5H3,(H,16,18)/b15-10+. The molecular weight excluding hydrogens is 274 g/mol. The molecule has 7 heteroatoms. The Morgan fingerprint density at radius 2 is 2.00 bits per heavy atom. The van der Waals surface area contributed by atoms with Gasteiger partial charge >= 0.3 is 6.09 Å². The van der Waals surface area contributed by atoms with Crippen LogP contribution in [-0.4, -0.2) is 22.3 Å². The van der Waals surface area contributed by atoms with Gasteiger partial charge in [0.2, 0.25) is 0 Å². The maximum Gasteiger partial charge on any atom is 0.428 e. The molecule has 114 valence electrons. The lowest BCUT2D eigenvalue weighted by molar-refractivity contribution is -0.385. The summed E-state index contributed by atoms with van der Waals surface area (Å²) in [4.78, 5) is 21.9. The number of nitro groups is 1. The Hall–Kier alpha value is -2.44. The molecule has 0 fully saturated rings. The Morgan fingerprint density at radius 3 is 2.52 bits per heavy atom. The summed E-state index contributed by atoms with van der Waals surface area (Å²) in [5, 5.41) is 14.8. The number of benzene rings is 1. The van der Waals surface area contributed by atoms with E-state index in [9.17, 15) is 14.9 Å². The van der Waals surface area contributed by atoms with E-state index < -0.39 is 16.6 Å². The summed E-state index contributed by atoms with van der Waals surface area (Å²) in [6.45, 7) is 8.53. The number of nitrogens with zero attached hydrogens (tertiary/aromatic N) is 2. The molecule has 0 aliphatic carbocycles. The number of carbonyl (C=O) groups is 1. The van der Waals surface area contributed by atoms with Gasteiger partial charge in [0.1, 0.15) is 5.60 Å². The van der Waals surface area contributed by atoms with E-state index in [-0.39, 0.29) is 5.69 Å². The molecule has 1 N–H and O–H groups in total. The van der Waals surface area contributed by atoms with Crippen LogP contribution >= 0.6 is 0 Å². The topological polar surface area (TPSA) is 93.8 Å². The predicted octanol–water partition coefficient (Wildman–Crippen LogP) is 3.15. The molecule has 21 heavy (non-hydrogen) atoms. The van der Waals surface area contributed by atoms with Crippen molar-refractivity contribution in [3.8, 4) is 0 Å². The number of ether oxygens (including phenoxy) is 1. The van der Waals surface area contributed by atoms with Crippen molar-refractivity contribution in [1.82, 2.24) is 5.43 Å². The van der Waals surface area contributed by atoms with Gasteiger partial charge in [-0.25, -0.2) is 10.2 Å². The van der Waals surface area contributed by atoms with Crippen molar-refractivity contribution < 1.29 is 14.5 Å². The van der Waals surface area contributed by atoms with E-state index in [4.69, 9.17) is 4.74 Å². The third-order valence-corrected chi connectivity index (χ3v) is 2.54. The number of nitro benzene ring substituents is 1. The van der Waals surface area contributed by atoms with Crippen molar-refractivity contribution >= 4 is 17.5 Å². The van der Waals surface area contributed by atoms with Gasteiger partial charge in [-0.3, -0.25) is 10.1 Å². The van der Waals surface area contributed by atoms with Crippen LogP contribution in [0.25, 0.3) is 0 Å². The molecule has 7 nitrogen and oxygen atoms in total. The highest BCUT2D eigenvalue weighted by Crippen LogP contribution is 2.19. The SMILES string of the molecule is C/C(=N\NC(=O)OC(C)(C)C)c1ccc(C)c([N+](=O)[O-])c1. The first-order chi connectivity index (χ1) is 9.60. The fraction of sp³-hybridized carbons (Fsp3) is 0.429. The third-order valence-electron chi connectivity index (χ3n) is 2.54. The minimum absolute atomic E-state index is 0.0133. The van der Waals surface area contributed by atoms with Crippen molar-refractivity contribution in [1.29, 1.82) is 0 Å². The number of rotatable bonds is 3. The van der Waals surface area contributed by atoms with Crippen molar-refractivity contribution in [3.63, 3.8) is 0 Å². The van der Waals surface area contributed by atoms with Crippen molar-refractivity contribution in [3.05, 3.63) is 39.4 Å². The zero-order valence-corrected chi connectivity index (χ0v) is 12.8. The van der Waals surface area contributed by atoms with Crippen LogP contribution in [0.3, 0.4) is 0 Å². The molecule has 0 aliphatic heterocycles. The van der Waals surface area contributed by atoms with E-state index in [0.29, 0.717) is 16.8 Å². The molecular formula is C14H19N3O4. The summed E-state index contributed by atoms with van der Waals surface area (Å²) in [5.74, 6) is 0. The van der Waals surface area contributed by atoms with Crippen LogP contribution in [0.4, 0.5) is 10.5 Å². The third kappa shape index (κ3) is 5.21. The van der Waals surface area contributed by atoms with Crippen LogP contribution < -0.4 is 5.43 Å². The molecule has 0 saturated heterocycles. The molecule has 0 saturated carbocycles. The Labute approximate surface area is 123 Å². The first-order valence-corrected chi connectivity index (χ1v) is 6.39. The summed E-state index contributed by atoms with van der Waals surface area (Å²) in [6, 6.07) is 4.77. The second-order valence-electron chi connectivity index (χ2n) is 5.57. The van der Waals surface area contributed by atoms with Crippen LogP contribution in [0, 0.1) is 17.0 Å². The first kappa shape index (κ1) is 16.6. The molecule has 0 bridgehead atoms. The Morgan fingerprint density at radius 1 is 1.38 bits per heavy atom. The largest absolute Gasteiger partial charge is 0.443 e. The van der Waals surface area contributed by atoms with Gasteiger partial charge in [-0.2, -0.15) is 5.10 Å². The van der Waals surface area contributed by atoms with E-state index >= 15 is 0 Å². The van der Waals surface area contributed by atoms with Gasteiger partial charge in [-0.1, -0.05) is 12.1 Å². The molecule has 0 aliphatic rings. The average molecular weight is 293 g/mol. The van der Waals surface area contributed by atoms with Gasteiger partial charge < -0.3 is 4.74 Å². The molecule has 0 heterocycles. The normalized spacial score (nSPS) is 12.0. The summed E-state index contributed by atoms with van der Waals surface area (Å²) in [7, 11) is 0. The molecule has 0 atom stereocenters. The maximum absolute atomic E-state index is 11.5. The zero-order valence-electron chi connectivity index (χ0n) is 12.8. The summed E-state index contributed by atoms with van der Waals surface area (Å²) >= 11 is 0. The van der Waals surface area contributed by atoms with Gasteiger partial charge in [-0.05, 0) is 34.6 Å². The van der Waals surface area contributed by atoms with E-state index in [1.165, 1.54) is 6.07 Å². The fourth-order valence-electron chi connectivity index (χ4n) is 1.53. The highest BCUT2D eigenvalue weighted by Gasteiger charge is 2.16. The summed E-state index contributed by atoms with van der Waals surface area (Å²) in [6.07, 6.45) is -0.677. The summed E-state index contributed by atoms with van der Waals surface area (Å²) < 4.78 is 5.04. The lowest BCUT2D eigenvalue weighted by Crippen LogP contribution is -2.30. The highest BCUT2D eigenvalue weighted by molar-refractivity contribution is 5.99. The van der Waals surface area contributed by atoms with Gasteiger partial charge in [0, 0.05) is 17.2 Å². The quantitative estimate of drug-likeness (QED) is 0.526. The van der Waals surface area contributed by atoms with E-state index in [0.717, 1.165) is 0 Å². The van der Waals surface area contributed by atoms with Crippen LogP contribution in [0.2, 0.25) is 0 Å². The van der Waals surface area contributed by atoms with Gasteiger partial charge in [0.05, 0.1) is 10.6 Å². The van der Waals surface area contributed by atoms with Crippen LogP contribution in [0.1, 0.15) is 38.8 Å².